The molecule has 5 aromatic rings. The fourth-order valence-electron chi connectivity index (χ4n) is 4.98. The Morgan fingerprint density at radius 1 is 0.895 bits per heavy atom. The zero-order chi connectivity index (χ0) is 26.5. The molecule has 8 heteroatoms. The number of rotatable bonds is 10. The number of aromatic nitrogens is 7. The minimum atomic E-state index is -0.000977. The van der Waals surface area contributed by atoms with E-state index in [1.54, 1.807) is 0 Å². The number of imidazole rings is 1. The third kappa shape index (κ3) is 4.94. The van der Waals surface area contributed by atoms with Crippen molar-refractivity contribution in [1.29, 1.82) is 0 Å². The SMILES string of the molecule is CCCCc1cn(-c2c(CC)cccc2CC)c(=O)n1Cc1ccc(-c2ccccc2-c2nnn[nH]2)nc1. The van der Waals surface area contributed by atoms with E-state index in [4.69, 9.17) is 4.98 Å². The molecule has 8 nitrogen and oxygen atoms in total. The molecule has 38 heavy (non-hydrogen) atoms. The summed E-state index contributed by atoms with van der Waals surface area (Å²) in [5, 5.41) is 14.3. The number of para-hydroxylation sites is 1. The molecule has 0 bridgehead atoms. The molecule has 0 aliphatic carbocycles. The number of aryl methyl sites for hydroxylation is 3. The van der Waals surface area contributed by atoms with E-state index in [9.17, 15) is 4.79 Å². The third-order valence-electron chi connectivity index (χ3n) is 7.02. The maximum Gasteiger partial charge on any atom is 0.333 e. The Morgan fingerprint density at radius 2 is 1.66 bits per heavy atom. The minimum absolute atomic E-state index is 0.000977. The standard InChI is InChI=1S/C30H33N7O/c1-4-7-13-24-20-37(28-22(5-2)11-10-12-23(28)6-3)30(38)36(24)19-21-16-17-27(31-18-21)25-14-8-9-15-26(25)29-32-34-35-33-29/h8-12,14-18,20H,4-7,13,19H2,1-3H3,(H,32,33,34,35). The zero-order valence-electron chi connectivity index (χ0n) is 22.2. The highest BCUT2D eigenvalue weighted by Crippen LogP contribution is 2.28. The average Bonchev–Trinajstić information content (AvgIpc) is 3.61. The number of pyridine rings is 1. The van der Waals surface area contributed by atoms with Gasteiger partial charge in [-0.25, -0.2) is 9.89 Å². The van der Waals surface area contributed by atoms with Gasteiger partial charge in [0.25, 0.3) is 0 Å². The van der Waals surface area contributed by atoms with E-state index in [1.807, 2.05) is 51.7 Å². The highest BCUT2D eigenvalue weighted by molar-refractivity contribution is 5.78. The molecule has 194 valence electrons. The van der Waals surface area contributed by atoms with Crippen LogP contribution in [0.5, 0.6) is 0 Å². The molecular weight excluding hydrogens is 474 g/mol. The van der Waals surface area contributed by atoms with Crippen LogP contribution in [-0.4, -0.2) is 34.7 Å². The molecule has 3 heterocycles. The lowest BCUT2D eigenvalue weighted by Crippen LogP contribution is -2.26. The largest absolute Gasteiger partial charge is 0.333 e. The van der Waals surface area contributed by atoms with Gasteiger partial charge in [0.15, 0.2) is 5.82 Å². The van der Waals surface area contributed by atoms with Crippen LogP contribution in [0, 0.1) is 0 Å². The highest BCUT2D eigenvalue weighted by Gasteiger charge is 2.18. The number of H-pyrrole nitrogens is 1. The summed E-state index contributed by atoms with van der Waals surface area (Å²) in [5.74, 6) is 0.596. The van der Waals surface area contributed by atoms with Crippen LogP contribution >= 0.6 is 0 Å². The molecule has 0 saturated heterocycles. The summed E-state index contributed by atoms with van der Waals surface area (Å²) in [6.45, 7) is 6.93. The van der Waals surface area contributed by atoms with Crippen molar-refractivity contribution in [2.24, 2.45) is 0 Å². The second-order valence-corrected chi connectivity index (χ2v) is 9.44. The second-order valence-electron chi connectivity index (χ2n) is 9.44. The van der Waals surface area contributed by atoms with Crippen molar-refractivity contribution in [2.45, 2.75) is 59.4 Å². The fraction of sp³-hybridized carbons (Fsp3) is 0.300. The van der Waals surface area contributed by atoms with Gasteiger partial charge in [-0.2, -0.15) is 0 Å². The molecule has 0 unspecified atom stereocenters. The molecule has 3 aromatic heterocycles. The molecule has 0 fully saturated rings. The maximum atomic E-state index is 13.8. The first-order chi connectivity index (χ1) is 18.6. The minimum Gasteiger partial charge on any atom is -0.292 e. The number of tetrazole rings is 1. The normalized spacial score (nSPS) is 11.2. The van der Waals surface area contributed by atoms with Crippen molar-refractivity contribution in [2.75, 3.05) is 0 Å². The molecule has 0 aliphatic rings. The van der Waals surface area contributed by atoms with E-state index in [0.717, 1.165) is 65.9 Å². The van der Waals surface area contributed by atoms with E-state index in [1.165, 1.54) is 11.1 Å². The summed E-state index contributed by atoms with van der Waals surface area (Å²) in [7, 11) is 0. The first-order valence-electron chi connectivity index (χ1n) is 13.3. The van der Waals surface area contributed by atoms with E-state index >= 15 is 0 Å². The number of nitrogens with zero attached hydrogens (tertiary/aromatic N) is 6. The van der Waals surface area contributed by atoms with Gasteiger partial charge in [-0.1, -0.05) is 75.7 Å². The quantitative estimate of drug-likeness (QED) is 0.273. The Balaban J connectivity index is 1.51. The van der Waals surface area contributed by atoms with Gasteiger partial charge in [0, 0.05) is 29.2 Å². The highest BCUT2D eigenvalue weighted by atomic mass is 16.1. The van der Waals surface area contributed by atoms with Crippen LogP contribution in [0.15, 0.2) is 71.8 Å². The Labute approximate surface area is 222 Å². The van der Waals surface area contributed by atoms with Gasteiger partial charge in [0.2, 0.25) is 0 Å². The first kappa shape index (κ1) is 25.3. The lowest BCUT2D eigenvalue weighted by atomic mass is 10.0. The fourth-order valence-corrected chi connectivity index (χ4v) is 4.98. The average molecular weight is 508 g/mol. The van der Waals surface area contributed by atoms with Crippen molar-refractivity contribution in [1.82, 2.24) is 34.7 Å². The lowest BCUT2D eigenvalue weighted by Gasteiger charge is -2.13. The smallest absolute Gasteiger partial charge is 0.292 e. The zero-order valence-corrected chi connectivity index (χ0v) is 22.2. The first-order valence-corrected chi connectivity index (χ1v) is 13.3. The Morgan fingerprint density at radius 3 is 2.29 bits per heavy atom. The molecule has 5 rings (SSSR count). The Kier molecular flexibility index (Phi) is 7.58. The molecule has 1 N–H and O–H groups in total. The van der Waals surface area contributed by atoms with E-state index in [2.05, 4.69) is 65.8 Å². The number of unbranched alkanes of at least 4 members (excludes halogenated alkanes) is 1. The van der Waals surface area contributed by atoms with Crippen molar-refractivity contribution in [3.8, 4) is 28.3 Å². The Hall–Kier alpha value is -4.33. The van der Waals surface area contributed by atoms with E-state index in [-0.39, 0.29) is 5.69 Å². The van der Waals surface area contributed by atoms with Crippen LogP contribution in [0.4, 0.5) is 0 Å². The van der Waals surface area contributed by atoms with Gasteiger partial charge in [0.1, 0.15) is 0 Å². The second kappa shape index (κ2) is 11.4. The number of benzene rings is 2. The molecule has 0 amide bonds. The van der Waals surface area contributed by atoms with Crippen LogP contribution in [-0.2, 0) is 25.8 Å². The topological polar surface area (TPSA) is 94.3 Å². The molecule has 0 aliphatic heterocycles. The third-order valence-corrected chi connectivity index (χ3v) is 7.02. The molecule has 0 radical (unpaired) electrons. The van der Waals surface area contributed by atoms with Crippen molar-refractivity contribution in [3.05, 3.63) is 99.9 Å². The van der Waals surface area contributed by atoms with Crippen LogP contribution in [0.25, 0.3) is 28.3 Å². The molecule has 2 aromatic carbocycles. The maximum absolute atomic E-state index is 13.8. The monoisotopic (exact) mass is 507 g/mol. The van der Waals surface area contributed by atoms with Gasteiger partial charge in [-0.3, -0.25) is 14.1 Å². The predicted octanol–water partition coefficient (Wildman–Crippen LogP) is 5.40. The number of aromatic amines is 1. The molecule has 0 atom stereocenters. The van der Waals surface area contributed by atoms with Crippen LogP contribution in [0.3, 0.4) is 0 Å². The van der Waals surface area contributed by atoms with Crippen molar-refractivity contribution < 1.29 is 0 Å². The number of nitrogens with one attached hydrogen (secondary N) is 1. The number of hydrogen-bond acceptors (Lipinski definition) is 5. The number of hydrogen-bond donors (Lipinski definition) is 1. The van der Waals surface area contributed by atoms with Gasteiger partial charge in [-0.05, 0) is 58.9 Å². The van der Waals surface area contributed by atoms with Crippen LogP contribution in [0.1, 0.15) is 56.0 Å². The molecular formula is C30H33N7O. The van der Waals surface area contributed by atoms with Crippen molar-refractivity contribution >= 4 is 0 Å². The van der Waals surface area contributed by atoms with Crippen LogP contribution < -0.4 is 5.69 Å². The van der Waals surface area contributed by atoms with Gasteiger partial charge in [0.05, 0.1) is 17.9 Å². The van der Waals surface area contributed by atoms with Gasteiger partial charge in [-0.15, -0.1) is 5.10 Å². The molecule has 0 saturated carbocycles. The predicted molar refractivity (Wildman–Crippen MR) is 149 cm³/mol. The van der Waals surface area contributed by atoms with E-state index in [0.29, 0.717) is 12.4 Å². The summed E-state index contributed by atoms with van der Waals surface area (Å²) in [4.78, 5) is 18.6. The summed E-state index contributed by atoms with van der Waals surface area (Å²) in [5.41, 5.74) is 8.09. The molecule has 0 spiro atoms. The van der Waals surface area contributed by atoms with E-state index < -0.39 is 0 Å². The van der Waals surface area contributed by atoms with Gasteiger partial charge >= 0.3 is 5.69 Å². The lowest BCUT2D eigenvalue weighted by molar-refractivity contribution is 0.672. The Bertz CT molecular complexity index is 1540. The summed E-state index contributed by atoms with van der Waals surface area (Å²) in [6.07, 6.45) is 8.62. The van der Waals surface area contributed by atoms with Gasteiger partial charge < -0.3 is 0 Å². The summed E-state index contributed by atoms with van der Waals surface area (Å²) < 4.78 is 3.78. The summed E-state index contributed by atoms with van der Waals surface area (Å²) in [6, 6.07) is 18.3. The summed E-state index contributed by atoms with van der Waals surface area (Å²) >= 11 is 0. The van der Waals surface area contributed by atoms with Crippen LogP contribution in [0.2, 0.25) is 0 Å². The van der Waals surface area contributed by atoms with Crippen molar-refractivity contribution in [3.63, 3.8) is 0 Å².